The first kappa shape index (κ1) is 25.1. The van der Waals surface area contributed by atoms with Crippen molar-refractivity contribution in [1.82, 2.24) is 0 Å². The van der Waals surface area contributed by atoms with E-state index in [0.29, 0.717) is 32.2 Å². The van der Waals surface area contributed by atoms with E-state index < -0.39 is 42.0 Å². The standard InChI is InChI=1S/C17H32N4O6/c1-10(2)9-13(21)17(25)27-16(24)12(20)6-7-14(22)26-15(23)11(19)5-3-4-8-18/h10-13H,3-9,18-21H2,1-2H3/t11-,12-,13-/m0/s1. The molecule has 27 heavy (non-hydrogen) atoms. The normalized spacial score (nSPS) is 14.3. The van der Waals surface area contributed by atoms with Crippen LogP contribution in [0.3, 0.4) is 0 Å². The third-order valence-corrected chi connectivity index (χ3v) is 3.68. The Morgan fingerprint density at radius 1 is 0.778 bits per heavy atom. The topological polar surface area (TPSA) is 191 Å². The molecule has 0 unspecified atom stereocenters. The SMILES string of the molecule is CC(C)C[C@H](N)C(=O)OC(=O)[C@@H](N)CCC(=O)OC(=O)[C@@H](N)CCCCN. The van der Waals surface area contributed by atoms with Gasteiger partial charge in [0.1, 0.15) is 18.1 Å². The lowest BCUT2D eigenvalue weighted by Gasteiger charge is -2.15. The maximum Gasteiger partial charge on any atom is 0.330 e. The quantitative estimate of drug-likeness (QED) is 0.184. The Morgan fingerprint density at radius 3 is 1.85 bits per heavy atom. The monoisotopic (exact) mass is 388 g/mol. The summed E-state index contributed by atoms with van der Waals surface area (Å²) >= 11 is 0. The summed E-state index contributed by atoms with van der Waals surface area (Å²) in [5, 5.41) is 0. The predicted octanol–water partition coefficient (Wildman–Crippen LogP) is -0.937. The van der Waals surface area contributed by atoms with Gasteiger partial charge in [0, 0.05) is 6.42 Å². The van der Waals surface area contributed by atoms with E-state index in [1.165, 1.54) is 0 Å². The fourth-order valence-corrected chi connectivity index (χ4v) is 2.11. The van der Waals surface area contributed by atoms with E-state index in [0.717, 1.165) is 0 Å². The first-order valence-electron chi connectivity index (χ1n) is 9.05. The van der Waals surface area contributed by atoms with Gasteiger partial charge in [-0.05, 0) is 38.1 Å². The number of carbonyl (C=O) groups excluding carboxylic acids is 4. The predicted molar refractivity (Wildman–Crippen MR) is 97.7 cm³/mol. The average Bonchev–Trinajstić information content (AvgIpc) is 2.58. The number of rotatable bonds is 12. The van der Waals surface area contributed by atoms with Gasteiger partial charge in [-0.2, -0.15) is 0 Å². The van der Waals surface area contributed by atoms with Gasteiger partial charge in [-0.1, -0.05) is 20.3 Å². The highest BCUT2D eigenvalue weighted by Gasteiger charge is 2.25. The highest BCUT2D eigenvalue weighted by Crippen LogP contribution is 2.07. The Morgan fingerprint density at radius 2 is 1.30 bits per heavy atom. The van der Waals surface area contributed by atoms with Gasteiger partial charge >= 0.3 is 23.9 Å². The molecule has 0 bridgehead atoms. The Balaban J connectivity index is 4.22. The second kappa shape index (κ2) is 13.3. The number of hydrogen-bond acceptors (Lipinski definition) is 10. The molecule has 0 aliphatic carbocycles. The number of unbranched alkanes of at least 4 members (excludes halogenated alkanes) is 1. The molecule has 0 aromatic heterocycles. The highest BCUT2D eigenvalue weighted by atomic mass is 16.6. The Kier molecular flexibility index (Phi) is 12.4. The van der Waals surface area contributed by atoms with Gasteiger partial charge in [0.25, 0.3) is 0 Å². The largest absolute Gasteiger partial charge is 0.392 e. The van der Waals surface area contributed by atoms with Crippen LogP contribution in [0.25, 0.3) is 0 Å². The van der Waals surface area contributed by atoms with Crippen LogP contribution in [0.5, 0.6) is 0 Å². The van der Waals surface area contributed by atoms with Crippen molar-refractivity contribution in [2.24, 2.45) is 28.9 Å². The molecular weight excluding hydrogens is 356 g/mol. The van der Waals surface area contributed by atoms with Crippen LogP contribution in [0.2, 0.25) is 0 Å². The third kappa shape index (κ3) is 11.4. The van der Waals surface area contributed by atoms with Gasteiger partial charge < -0.3 is 32.4 Å². The van der Waals surface area contributed by atoms with Crippen LogP contribution < -0.4 is 22.9 Å². The van der Waals surface area contributed by atoms with E-state index in [4.69, 9.17) is 22.9 Å². The van der Waals surface area contributed by atoms with Gasteiger partial charge in [0.15, 0.2) is 0 Å². The molecule has 10 nitrogen and oxygen atoms in total. The summed E-state index contributed by atoms with van der Waals surface area (Å²) < 4.78 is 9.21. The molecule has 10 heteroatoms. The Hall–Kier alpha value is -1.88. The van der Waals surface area contributed by atoms with Crippen LogP contribution in [-0.2, 0) is 28.7 Å². The second-order valence-corrected chi connectivity index (χ2v) is 6.81. The Bertz CT molecular complexity index is 512. The van der Waals surface area contributed by atoms with Gasteiger partial charge in [0.2, 0.25) is 0 Å². The molecule has 0 saturated heterocycles. The zero-order valence-corrected chi connectivity index (χ0v) is 16.0. The lowest BCUT2D eigenvalue weighted by Crippen LogP contribution is -2.40. The third-order valence-electron chi connectivity index (χ3n) is 3.68. The van der Waals surface area contributed by atoms with Crippen molar-refractivity contribution in [3.63, 3.8) is 0 Å². The maximum absolute atomic E-state index is 11.8. The molecule has 8 N–H and O–H groups in total. The number of ether oxygens (including phenoxy) is 2. The van der Waals surface area contributed by atoms with Crippen LogP contribution >= 0.6 is 0 Å². The molecule has 0 aliphatic heterocycles. The molecule has 0 amide bonds. The van der Waals surface area contributed by atoms with Crippen molar-refractivity contribution in [2.45, 2.75) is 70.5 Å². The van der Waals surface area contributed by atoms with Crippen LogP contribution in [0.4, 0.5) is 0 Å². The first-order chi connectivity index (χ1) is 12.6. The summed E-state index contributed by atoms with van der Waals surface area (Å²) in [4.78, 5) is 46.7. The lowest BCUT2D eigenvalue weighted by molar-refractivity contribution is -0.161. The van der Waals surface area contributed by atoms with Gasteiger partial charge in [0.05, 0.1) is 0 Å². The lowest BCUT2D eigenvalue weighted by atomic mass is 10.0. The molecule has 0 aromatic carbocycles. The molecule has 0 aliphatic rings. The summed E-state index contributed by atoms with van der Waals surface area (Å²) in [6.07, 6.45) is 1.62. The van der Waals surface area contributed by atoms with Gasteiger partial charge in [-0.25, -0.2) is 14.4 Å². The fourth-order valence-electron chi connectivity index (χ4n) is 2.11. The minimum atomic E-state index is -1.22. The second-order valence-electron chi connectivity index (χ2n) is 6.81. The van der Waals surface area contributed by atoms with Crippen molar-refractivity contribution in [2.75, 3.05) is 6.54 Å². The van der Waals surface area contributed by atoms with Crippen LogP contribution in [-0.4, -0.2) is 48.5 Å². The molecule has 0 spiro atoms. The first-order valence-corrected chi connectivity index (χ1v) is 9.05. The van der Waals surface area contributed by atoms with Crippen LogP contribution in [0.1, 0.15) is 52.4 Å². The zero-order valence-electron chi connectivity index (χ0n) is 16.0. The summed E-state index contributed by atoms with van der Waals surface area (Å²) in [6.45, 7) is 4.23. The Labute approximate surface area is 159 Å². The maximum atomic E-state index is 11.8. The van der Waals surface area contributed by atoms with Crippen molar-refractivity contribution < 1.29 is 28.7 Å². The minimum absolute atomic E-state index is 0.153. The molecule has 0 aromatic rings. The van der Waals surface area contributed by atoms with E-state index in [9.17, 15) is 19.2 Å². The van der Waals surface area contributed by atoms with Crippen LogP contribution in [0, 0.1) is 5.92 Å². The van der Waals surface area contributed by atoms with Crippen molar-refractivity contribution in [3.05, 3.63) is 0 Å². The smallest absolute Gasteiger partial charge is 0.330 e. The summed E-state index contributed by atoms with van der Waals surface area (Å²) in [6, 6.07) is -3.07. The number of hydrogen-bond donors (Lipinski definition) is 4. The van der Waals surface area contributed by atoms with E-state index in [1.54, 1.807) is 0 Å². The van der Waals surface area contributed by atoms with E-state index in [2.05, 4.69) is 9.47 Å². The van der Waals surface area contributed by atoms with E-state index in [1.807, 2.05) is 13.8 Å². The van der Waals surface area contributed by atoms with Crippen molar-refractivity contribution >= 4 is 23.9 Å². The molecular formula is C17H32N4O6. The molecule has 156 valence electrons. The van der Waals surface area contributed by atoms with Crippen LogP contribution in [0.15, 0.2) is 0 Å². The highest BCUT2D eigenvalue weighted by molar-refractivity contribution is 5.91. The molecule has 0 rings (SSSR count). The van der Waals surface area contributed by atoms with Gasteiger partial charge in [-0.3, -0.25) is 4.79 Å². The summed E-state index contributed by atoms with van der Waals surface area (Å²) in [5.41, 5.74) is 22.2. The minimum Gasteiger partial charge on any atom is -0.392 e. The fraction of sp³-hybridized carbons (Fsp3) is 0.765. The summed E-state index contributed by atoms with van der Waals surface area (Å²) in [5.74, 6) is -3.41. The van der Waals surface area contributed by atoms with E-state index in [-0.39, 0.29) is 18.8 Å². The molecule has 0 heterocycles. The zero-order chi connectivity index (χ0) is 21.0. The number of nitrogens with two attached hydrogens (primary N) is 4. The van der Waals surface area contributed by atoms with Crippen molar-refractivity contribution in [3.8, 4) is 0 Å². The number of esters is 4. The molecule has 3 atom stereocenters. The van der Waals surface area contributed by atoms with Crippen molar-refractivity contribution in [1.29, 1.82) is 0 Å². The average molecular weight is 388 g/mol. The molecule has 0 fully saturated rings. The molecule has 0 saturated carbocycles. The summed E-state index contributed by atoms with van der Waals surface area (Å²) in [7, 11) is 0. The van der Waals surface area contributed by atoms with Gasteiger partial charge in [-0.15, -0.1) is 0 Å². The van der Waals surface area contributed by atoms with E-state index >= 15 is 0 Å². The molecule has 0 radical (unpaired) electrons. The number of carbonyl (C=O) groups is 4.